The molecule has 0 nitrogen and oxygen atoms in total. The Morgan fingerprint density at radius 1 is 1.44 bits per heavy atom. The largest absolute Gasteiger partial charge is 0.0936 e. The zero-order valence-electron chi connectivity index (χ0n) is 4.77. The molecular formula is C7H6BrI. The van der Waals surface area contributed by atoms with Crippen molar-refractivity contribution in [3.8, 4) is 0 Å². The Labute approximate surface area is 73.2 Å². The lowest BCUT2D eigenvalue weighted by Crippen LogP contribution is -1.67. The summed E-state index contributed by atoms with van der Waals surface area (Å²) in [5.41, 5.74) is 0. The summed E-state index contributed by atoms with van der Waals surface area (Å²) in [6, 6.07) is 8.32. The summed E-state index contributed by atoms with van der Waals surface area (Å²) in [6.07, 6.45) is 0. The molecule has 0 heterocycles. The van der Waals surface area contributed by atoms with Crippen LogP contribution in [0.25, 0.3) is 0 Å². The predicted octanol–water partition coefficient (Wildman–Crippen LogP) is 3.02. The summed E-state index contributed by atoms with van der Waals surface area (Å²) in [4.78, 5) is 0. The molecule has 0 radical (unpaired) electrons. The van der Waals surface area contributed by atoms with E-state index in [0.29, 0.717) is 0 Å². The standard InChI is InChI=1S/C7H6BrI/c1-9-7-4-2-3-6(8)5-7/h2-5H,1H2. The Morgan fingerprint density at radius 3 is 2.67 bits per heavy atom. The molecule has 0 fully saturated rings. The van der Waals surface area contributed by atoms with E-state index in [1.165, 1.54) is 3.57 Å². The van der Waals surface area contributed by atoms with E-state index >= 15 is 0 Å². The van der Waals surface area contributed by atoms with Crippen molar-refractivity contribution in [3.63, 3.8) is 0 Å². The predicted molar refractivity (Wildman–Crippen MR) is 54.0 cm³/mol. The van der Waals surface area contributed by atoms with E-state index in [0.717, 1.165) is 4.47 Å². The number of hydrogen-bond acceptors (Lipinski definition) is 0. The van der Waals surface area contributed by atoms with E-state index in [2.05, 4.69) is 32.6 Å². The van der Waals surface area contributed by atoms with Crippen LogP contribution in [0.4, 0.5) is 0 Å². The monoisotopic (exact) mass is 296 g/mol. The highest BCUT2D eigenvalue weighted by atomic mass is 127. The van der Waals surface area contributed by atoms with Crippen LogP contribution in [-0.4, -0.2) is 4.51 Å². The fourth-order valence-electron chi connectivity index (χ4n) is 0.543. The van der Waals surface area contributed by atoms with Crippen LogP contribution in [0.1, 0.15) is 0 Å². The Balaban J connectivity index is 3.07. The first-order valence-electron chi connectivity index (χ1n) is 2.47. The van der Waals surface area contributed by atoms with E-state index in [4.69, 9.17) is 0 Å². The third-order valence-corrected chi connectivity index (χ3v) is 2.99. The summed E-state index contributed by atoms with van der Waals surface area (Å²) in [7, 11) is 0. The molecule has 0 N–H and O–H groups in total. The molecule has 0 aliphatic rings. The second kappa shape index (κ2) is 3.46. The van der Waals surface area contributed by atoms with Crippen LogP contribution < -0.4 is 0 Å². The lowest BCUT2D eigenvalue weighted by molar-refractivity contribution is 1.60. The molecule has 0 aliphatic carbocycles. The van der Waals surface area contributed by atoms with Gasteiger partial charge in [-0.25, -0.2) is 0 Å². The average Bonchev–Trinajstić information content (AvgIpc) is 1.88. The third kappa shape index (κ3) is 2.18. The van der Waals surface area contributed by atoms with Crippen LogP contribution in [0.15, 0.2) is 28.7 Å². The zero-order valence-corrected chi connectivity index (χ0v) is 8.52. The van der Waals surface area contributed by atoms with E-state index in [-0.39, 0.29) is 20.7 Å². The molecule has 1 aromatic rings. The minimum atomic E-state index is 0.0126. The second-order valence-electron chi connectivity index (χ2n) is 1.57. The van der Waals surface area contributed by atoms with Gasteiger partial charge in [-0.1, -0.05) is 47.2 Å². The van der Waals surface area contributed by atoms with Gasteiger partial charge in [0.15, 0.2) is 0 Å². The minimum Gasteiger partial charge on any atom is -0.0936 e. The second-order valence-corrected chi connectivity index (χ2v) is 4.50. The van der Waals surface area contributed by atoms with Crippen LogP contribution >= 0.6 is 36.7 Å². The van der Waals surface area contributed by atoms with Gasteiger partial charge in [-0.15, -0.1) is 0 Å². The Hall–Kier alpha value is 0.300. The SMILES string of the molecule is C=Ic1cccc(Br)c1. The minimum absolute atomic E-state index is 0.0126. The third-order valence-electron chi connectivity index (χ3n) is 0.941. The highest BCUT2D eigenvalue weighted by Crippen LogP contribution is 2.15. The molecular weight excluding hydrogens is 291 g/mol. The summed E-state index contributed by atoms with van der Waals surface area (Å²) in [5, 5.41) is 0. The fourth-order valence-corrected chi connectivity index (χ4v) is 2.39. The van der Waals surface area contributed by atoms with Gasteiger partial charge in [0.05, 0.1) is 0 Å². The van der Waals surface area contributed by atoms with Gasteiger partial charge in [-0.3, -0.25) is 0 Å². The van der Waals surface area contributed by atoms with Gasteiger partial charge < -0.3 is 0 Å². The van der Waals surface area contributed by atoms with Crippen molar-refractivity contribution in [2.45, 2.75) is 0 Å². The van der Waals surface area contributed by atoms with Crippen molar-refractivity contribution < 1.29 is 0 Å². The van der Waals surface area contributed by atoms with Gasteiger partial charge in [0.2, 0.25) is 0 Å². The van der Waals surface area contributed by atoms with Crippen molar-refractivity contribution in [1.29, 1.82) is 0 Å². The van der Waals surface area contributed by atoms with Crippen molar-refractivity contribution >= 4 is 41.2 Å². The molecule has 0 saturated carbocycles. The van der Waals surface area contributed by atoms with Crippen molar-refractivity contribution in [3.05, 3.63) is 32.3 Å². The number of rotatable bonds is 1. The van der Waals surface area contributed by atoms with Crippen LogP contribution in [0.5, 0.6) is 0 Å². The normalized spacial score (nSPS) is 9.44. The van der Waals surface area contributed by atoms with Crippen molar-refractivity contribution in [2.24, 2.45) is 0 Å². The van der Waals surface area contributed by atoms with E-state index in [1.54, 1.807) is 0 Å². The van der Waals surface area contributed by atoms with Crippen LogP contribution in [0.2, 0.25) is 0 Å². The highest BCUT2D eigenvalue weighted by molar-refractivity contribution is 14.2. The van der Waals surface area contributed by atoms with Crippen molar-refractivity contribution in [1.82, 2.24) is 0 Å². The number of benzene rings is 1. The maximum atomic E-state index is 3.89. The summed E-state index contributed by atoms with van der Waals surface area (Å²) in [6.45, 7) is 0. The molecule has 0 atom stereocenters. The van der Waals surface area contributed by atoms with E-state index in [1.807, 2.05) is 12.1 Å². The molecule has 48 valence electrons. The zero-order chi connectivity index (χ0) is 6.69. The van der Waals surface area contributed by atoms with E-state index < -0.39 is 0 Å². The number of hydrogen-bond donors (Lipinski definition) is 0. The molecule has 9 heavy (non-hydrogen) atoms. The van der Waals surface area contributed by atoms with Gasteiger partial charge in [-0.2, -0.15) is 0 Å². The van der Waals surface area contributed by atoms with Crippen LogP contribution in [0, 0.1) is 3.57 Å². The molecule has 2 heteroatoms. The van der Waals surface area contributed by atoms with Crippen LogP contribution in [-0.2, 0) is 0 Å². The van der Waals surface area contributed by atoms with Gasteiger partial charge in [0.1, 0.15) is 0 Å². The van der Waals surface area contributed by atoms with Gasteiger partial charge in [0, 0.05) is 8.04 Å². The molecule has 1 rings (SSSR count). The van der Waals surface area contributed by atoms with Gasteiger partial charge >= 0.3 is 0 Å². The summed E-state index contributed by atoms with van der Waals surface area (Å²) < 4.78 is 6.42. The molecule has 0 spiro atoms. The van der Waals surface area contributed by atoms with Gasteiger partial charge in [-0.05, 0) is 18.2 Å². The lowest BCUT2D eigenvalue weighted by Gasteiger charge is -1.90. The molecule has 0 unspecified atom stereocenters. The molecule has 0 aromatic heterocycles. The average molecular weight is 297 g/mol. The van der Waals surface area contributed by atoms with Crippen molar-refractivity contribution in [2.75, 3.05) is 0 Å². The molecule has 0 saturated heterocycles. The highest BCUT2D eigenvalue weighted by Gasteiger charge is 1.85. The quantitative estimate of drug-likeness (QED) is 0.699. The smallest absolute Gasteiger partial charge is 0.0185 e. The molecule has 1 aromatic carbocycles. The van der Waals surface area contributed by atoms with E-state index in [9.17, 15) is 0 Å². The Morgan fingerprint density at radius 2 is 2.22 bits per heavy atom. The molecule has 0 amide bonds. The van der Waals surface area contributed by atoms with Crippen LogP contribution in [0.3, 0.4) is 0 Å². The Kier molecular flexibility index (Phi) is 2.85. The summed E-state index contributed by atoms with van der Waals surface area (Å²) in [5.74, 6) is 0. The first-order chi connectivity index (χ1) is 4.33. The molecule has 0 aliphatic heterocycles. The maximum Gasteiger partial charge on any atom is 0.0185 e. The lowest BCUT2D eigenvalue weighted by atomic mass is 10.4. The first kappa shape index (κ1) is 7.41. The Bertz CT molecular complexity index is 220. The topological polar surface area (TPSA) is 0 Å². The number of halogens is 2. The fraction of sp³-hybridized carbons (Fsp3) is 0. The van der Waals surface area contributed by atoms with Gasteiger partial charge in [0.25, 0.3) is 0 Å². The summed E-state index contributed by atoms with van der Waals surface area (Å²) >= 11 is 3.41. The maximum absolute atomic E-state index is 3.89. The first-order valence-corrected chi connectivity index (χ1v) is 5.86. The molecule has 0 bridgehead atoms.